The van der Waals surface area contributed by atoms with E-state index < -0.39 is 6.10 Å². The zero-order valence-electron chi connectivity index (χ0n) is 8.76. The van der Waals surface area contributed by atoms with Crippen LogP contribution in [0.5, 0.6) is 0 Å². The van der Waals surface area contributed by atoms with Gasteiger partial charge in [-0.15, -0.1) is 0 Å². The second kappa shape index (κ2) is 9.96. The molecule has 0 heterocycles. The van der Waals surface area contributed by atoms with Crippen LogP contribution in [0.1, 0.15) is 13.3 Å². The van der Waals surface area contributed by atoms with Gasteiger partial charge < -0.3 is 10.8 Å². The first-order valence-corrected chi connectivity index (χ1v) is 4.89. The van der Waals surface area contributed by atoms with Crippen molar-refractivity contribution >= 4 is 0 Å². The minimum Gasteiger partial charge on any atom is -0.389 e. The summed E-state index contributed by atoms with van der Waals surface area (Å²) < 4.78 is 0. The Kier molecular flexibility index (Phi) is 9.17. The van der Waals surface area contributed by atoms with E-state index in [1.807, 2.05) is 49.5 Å². The first kappa shape index (κ1) is 12.9. The molecule has 2 heteroatoms. The molecule has 0 aromatic heterocycles. The number of aliphatic hydroxyl groups is 1. The van der Waals surface area contributed by atoms with E-state index in [9.17, 15) is 5.11 Å². The maximum Gasteiger partial charge on any atom is 0.0926 e. The van der Waals surface area contributed by atoms with Gasteiger partial charge in [0.25, 0.3) is 0 Å². The van der Waals surface area contributed by atoms with Gasteiger partial charge in [0.1, 0.15) is 0 Å². The van der Waals surface area contributed by atoms with Gasteiger partial charge in [0.05, 0.1) is 12.6 Å². The summed E-state index contributed by atoms with van der Waals surface area (Å²) in [6.07, 6.45) is 15.5. The molecular weight excluding hydrogens is 174 g/mol. The van der Waals surface area contributed by atoms with Crippen LogP contribution in [0.4, 0.5) is 0 Å². The molecule has 0 unspecified atom stereocenters. The number of hydrogen-bond donors (Lipinski definition) is 2. The summed E-state index contributed by atoms with van der Waals surface area (Å²) in [5.41, 5.74) is 3.67. The lowest BCUT2D eigenvalue weighted by molar-refractivity contribution is -0.352. The average molecular weight is 194 g/mol. The van der Waals surface area contributed by atoms with Crippen molar-refractivity contribution in [3.05, 3.63) is 48.6 Å². The summed E-state index contributed by atoms with van der Waals surface area (Å²) in [4.78, 5) is 0. The summed E-state index contributed by atoms with van der Waals surface area (Å²) in [7, 11) is 0. The van der Waals surface area contributed by atoms with Gasteiger partial charge in [-0.3, -0.25) is 0 Å². The van der Waals surface area contributed by atoms with Crippen LogP contribution in [0.3, 0.4) is 0 Å². The fourth-order valence-corrected chi connectivity index (χ4v) is 0.864. The maximum atomic E-state index is 9.42. The Morgan fingerprint density at radius 1 is 1.14 bits per heavy atom. The van der Waals surface area contributed by atoms with Gasteiger partial charge in [-0.05, 0) is 19.4 Å². The number of allylic oxidation sites excluding steroid dienone is 5. The largest absolute Gasteiger partial charge is 0.389 e. The SMILES string of the molecule is C/C=C/C=C/C=C/[C@@H](O)C/C=C/C[NH3+]. The Morgan fingerprint density at radius 2 is 1.86 bits per heavy atom. The number of hydrogen-bond acceptors (Lipinski definition) is 1. The van der Waals surface area contributed by atoms with Gasteiger partial charge in [-0.25, -0.2) is 0 Å². The van der Waals surface area contributed by atoms with Crippen molar-refractivity contribution in [2.75, 3.05) is 6.54 Å². The number of rotatable bonds is 6. The Labute approximate surface area is 86.1 Å². The molecule has 0 aliphatic heterocycles. The van der Waals surface area contributed by atoms with Gasteiger partial charge in [-0.2, -0.15) is 0 Å². The first-order valence-electron chi connectivity index (χ1n) is 4.89. The maximum absolute atomic E-state index is 9.42. The Morgan fingerprint density at radius 3 is 2.50 bits per heavy atom. The van der Waals surface area contributed by atoms with Gasteiger partial charge in [0, 0.05) is 0 Å². The average Bonchev–Trinajstić information content (AvgIpc) is 2.18. The third kappa shape index (κ3) is 8.97. The predicted octanol–water partition coefficient (Wildman–Crippen LogP) is 1.22. The van der Waals surface area contributed by atoms with E-state index in [1.165, 1.54) is 0 Å². The Balaban J connectivity index is 3.70. The van der Waals surface area contributed by atoms with Crippen LogP contribution < -0.4 is 5.73 Å². The van der Waals surface area contributed by atoms with E-state index in [2.05, 4.69) is 5.73 Å². The molecule has 14 heavy (non-hydrogen) atoms. The molecule has 0 radical (unpaired) electrons. The standard InChI is InChI=1S/C12H19NO/c1-2-3-4-5-6-9-12(14)10-7-8-11-13/h2-9,12,14H,10-11,13H2,1H3/p+1/b3-2+,5-4+,8-7+,9-6+/t12-/m1/s1. The molecule has 0 aliphatic rings. The molecule has 0 rings (SSSR count). The zero-order valence-corrected chi connectivity index (χ0v) is 8.76. The van der Waals surface area contributed by atoms with Crippen molar-refractivity contribution in [1.82, 2.24) is 0 Å². The third-order valence-electron chi connectivity index (χ3n) is 1.57. The highest BCUT2D eigenvalue weighted by Gasteiger charge is 1.92. The van der Waals surface area contributed by atoms with Crippen LogP contribution >= 0.6 is 0 Å². The Hall–Kier alpha value is -1.12. The normalized spacial score (nSPS) is 15.4. The molecule has 1 atom stereocenters. The van der Waals surface area contributed by atoms with Gasteiger partial charge >= 0.3 is 0 Å². The molecule has 0 bridgehead atoms. The number of aliphatic hydroxyl groups excluding tert-OH is 1. The van der Waals surface area contributed by atoms with Crippen molar-refractivity contribution in [3.8, 4) is 0 Å². The van der Waals surface area contributed by atoms with Gasteiger partial charge in [-0.1, -0.05) is 42.5 Å². The van der Waals surface area contributed by atoms with Crippen molar-refractivity contribution in [3.63, 3.8) is 0 Å². The number of quaternary nitrogens is 1. The minimum absolute atomic E-state index is 0.395. The minimum atomic E-state index is -0.395. The fraction of sp³-hybridized carbons (Fsp3) is 0.333. The molecule has 4 N–H and O–H groups in total. The summed E-state index contributed by atoms with van der Waals surface area (Å²) in [5, 5.41) is 9.42. The van der Waals surface area contributed by atoms with Crippen LogP contribution in [0.2, 0.25) is 0 Å². The van der Waals surface area contributed by atoms with E-state index in [4.69, 9.17) is 0 Å². The van der Waals surface area contributed by atoms with Crippen LogP contribution in [-0.2, 0) is 0 Å². The van der Waals surface area contributed by atoms with Crippen LogP contribution in [-0.4, -0.2) is 17.8 Å². The second-order valence-corrected chi connectivity index (χ2v) is 2.86. The molecular formula is C12H20NO+. The topological polar surface area (TPSA) is 47.9 Å². The Bertz CT molecular complexity index is 226. The first-order chi connectivity index (χ1) is 6.81. The molecule has 0 spiro atoms. The molecule has 0 aliphatic carbocycles. The molecule has 0 amide bonds. The summed E-state index contributed by atoms with van der Waals surface area (Å²) in [6.45, 7) is 2.74. The van der Waals surface area contributed by atoms with E-state index in [0.717, 1.165) is 6.54 Å². The van der Waals surface area contributed by atoms with Crippen molar-refractivity contribution in [2.24, 2.45) is 0 Å². The lowest BCUT2D eigenvalue weighted by Crippen LogP contribution is -2.49. The summed E-state index contributed by atoms with van der Waals surface area (Å²) in [5.74, 6) is 0. The highest BCUT2D eigenvalue weighted by atomic mass is 16.3. The predicted molar refractivity (Wildman–Crippen MR) is 60.6 cm³/mol. The van der Waals surface area contributed by atoms with Crippen molar-refractivity contribution in [2.45, 2.75) is 19.4 Å². The highest BCUT2D eigenvalue weighted by Crippen LogP contribution is 1.95. The molecule has 0 aromatic rings. The van der Waals surface area contributed by atoms with E-state index in [0.29, 0.717) is 6.42 Å². The van der Waals surface area contributed by atoms with E-state index in [-0.39, 0.29) is 0 Å². The van der Waals surface area contributed by atoms with E-state index in [1.54, 1.807) is 6.08 Å². The molecule has 78 valence electrons. The lowest BCUT2D eigenvalue weighted by atomic mass is 10.2. The fourth-order valence-electron chi connectivity index (χ4n) is 0.864. The lowest BCUT2D eigenvalue weighted by Gasteiger charge is -1.98. The van der Waals surface area contributed by atoms with Crippen molar-refractivity contribution < 1.29 is 10.8 Å². The van der Waals surface area contributed by atoms with E-state index >= 15 is 0 Å². The summed E-state index contributed by atoms with van der Waals surface area (Å²) in [6, 6.07) is 0. The van der Waals surface area contributed by atoms with Crippen LogP contribution in [0, 0.1) is 0 Å². The molecule has 0 fully saturated rings. The van der Waals surface area contributed by atoms with Crippen LogP contribution in [0.15, 0.2) is 48.6 Å². The van der Waals surface area contributed by atoms with Crippen LogP contribution in [0.25, 0.3) is 0 Å². The van der Waals surface area contributed by atoms with Crippen molar-refractivity contribution in [1.29, 1.82) is 0 Å². The highest BCUT2D eigenvalue weighted by molar-refractivity contribution is 5.11. The van der Waals surface area contributed by atoms with Gasteiger partial charge in [0.2, 0.25) is 0 Å². The third-order valence-corrected chi connectivity index (χ3v) is 1.57. The molecule has 0 aromatic carbocycles. The zero-order chi connectivity index (χ0) is 10.6. The molecule has 0 saturated carbocycles. The molecule has 0 saturated heterocycles. The smallest absolute Gasteiger partial charge is 0.0926 e. The monoisotopic (exact) mass is 194 g/mol. The summed E-state index contributed by atoms with van der Waals surface area (Å²) >= 11 is 0. The van der Waals surface area contributed by atoms with Gasteiger partial charge in [0.15, 0.2) is 0 Å². The second-order valence-electron chi connectivity index (χ2n) is 2.86. The quantitative estimate of drug-likeness (QED) is 0.485. The molecule has 2 nitrogen and oxygen atoms in total.